The van der Waals surface area contributed by atoms with Gasteiger partial charge in [-0.3, -0.25) is 4.79 Å². The number of aliphatic hydroxyl groups is 4. The number of nitrogens with one attached hydrogen (secondary N) is 1. The summed E-state index contributed by atoms with van der Waals surface area (Å²) in [7, 11) is 0. The Morgan fingerprint density at radius 3 is 1.03 bits per heavy atom. The van der Waals surface area contributed by atoms with Crippen molar-refractivity contribution >= 4 is 5.91 Å². The summed E-state index contributed by atoms with van der Waals surface area (Å²) in [6, 6.07) is -0.985. The predicted molar refractivity (Wildman–Crippen MR) is 288 cm³/mol. The largest absolute Gasteiger partial charge is 0.394 e. The Hall–Kier alpha value is -1.21. The lowest BCUT2D eigenvalue weighted by molar-refractivity contribution is -0.132. The Kier molecular flexibility index (Phi) is 53.7. The van der Waals surface area contributed by atoms with Crippen LogP contribution in [0.2, 0.25) is 0 Å². The summed E-state index contributed by atoms with van der Waals surface area (Å²) in [4.78, 5) is 12.6. The van der Waals surface area contributed by atoms with E-state index in [-0.39, 0.29) is 0 Å². The molecule has 0 aliphatic heterocycles. The maximum Gasteiger partial charge on any atom is 0.249 e. The zero-order chi connectivity index (χ0) is 48.1. The molecule has 0 rings (SSSR count). The van der Waals surface area contributed by atoms with Crippen LogP contribution in [-0.2, 0) is 4.79 Å². The molecule has 0 spiro atoms. The van der Waals surface area contributed by atoms with Crippen molar-refractivity contribution < 1.29 is 25.2 Å². The van der Waals surface area contributed by atoms with Crippen LogP contribution in [-0.4, -0.2) is 57.3 Å². The number of amides is 1. The number of hydrogen-bond acceptors (Lipinski definition) is 5. The van der Waals surface area contributed by atoms with Crippen LogP contribution in [0.3, 0.4) is 0 Å². The molecule has 1 amide bonds. The van der Waals surface area contributed by atoms with Gasteiger partial charge in [0.1, 0.15) is 12.2 Å². The van der Waals surface area contributed by atoms with Crippen LogP contribution < -0.4 is 5.32 Å². The average molecular weight is 933 g/mol. The van der Waals surface area contributed by atoms with Gasteiger partial charge in [-0.15, -0.1) is 0 Å². The third-order valence-electron chi connectivity index (χ3n) is 14.2. The molecule has 0 saturated heterocycles. The molecule has 0 heterocycles. The van der Waals surface area contributed by atoms with Crippen LogP contribution >= 0.6 is 0 Å². The summed E-state index contributed by atoms with van der Waals surface area (Å²) in [6.07, 6.45) is 66.9. The molecule has 5 N–H and O–H groups in total. The van der Waals surface area contributed by atoms with Crippen molar-refractivity contribution in [3.8, 4) is 0 Å². The second-order valence-electron chi connectivity index (χ2n) is 20.7. The maximum atomic E-state index is 12.6. The predicted octanol–water partition coefficient (Wildman–Crippen LogP) is 17.4. The highest BCUT2D eigenvalue weighted by Crippen LogP contribution is 2.19. The van der Waals surface area contributed by atoms with Crippen molar-refractivity contribution in [3.63, 3.8) is 0 Å². The molecule has 0 aromatic rings. The third-order valence-corrected chi connectivity index (χ3v) is 14.2. The number of unbranched alkanes of at least 4 members (excludes halogenated alkanes) is 42. The summed E-state index contributed by atoms with van der Waals surface area (Å²) in [5, 5.41) is 44.1. The van der Waals surface area contributed by atoms with Crippen LogP contribution in [0.25, 0.3) is 0 Å². The molecule has 0 radical (unpaired) electrons. The first-order chi connectivity index (χ1) is 32.5. The smallest absolute Gasteiger partial charge is 0.249 e. The van der Waals surface area contributed by atoms with Crippen molar-refractivity contribution in [2.75, 3.05) is 6.61 Å². The number of aliphatic hydroxyl groups excluding tert-OH is 4. The molecule has 0 saturated carbocycles. The number of allylic oxidation sites excluding steroid dienone is 4. The minimum absolute atomic E-state index is 0.370. The highest BCUT2D eigenvalue weighted by molar-refractivity contribution is 5.80. The van der Waals surface area contributed by atoms with Crippen LogP contribution in [0.15, 0.2) is 24.3 Å². The fourth-order valence-electron chi connectivity index (χ4n) is 9.56. The summed E-state index contributed by atoms with van der Waals surface area (Å²) in [5.41, 5.74) is 0. The molecule has 66 heavy (non-hydrogen) atoms. The molecule has 0 bridgehead atoms. The molecule has 6 heteroatoms. The zero-order valence-corrected chi connectivity index (χ0v) is 44.5. The van der Waals surface area contributed by atoms with Gasteiger partial charge in [0.25, 0.3) is 0 Å². The van der Waals surface area contributed by atoms with Crippen LogP contribution in [0.5, 0.6) is 0 Å². The first-order valence-corrected chi connectivity index (χ1v) is 29.7. The van der Waals surface area contributed by atoms with Gasteiger partial charge in [0.15, 0.2) is 0 Å². The van der Waals surface area contributed by atoms with Crippen molar-refractivity contribution in [2.24, 2.45) is 0 Å². The van der Waals surface area contributed by atoms with Gasteiger partial charge in [0.05, 0.1) is 18.8 Å². The van der Waals surface area contributed by atoms with Gasteiger partial charge in [-0.2, -0.15) is 0 Å². The average Bonchev–Trinajstić information content (AvgIpc) is 3.32. The lowest BCUT2D eigenvalue weighted by Gasteiger charge is -2.27. The molecular formula is C60H117NO5. The molecule has 4 atom stereocenters. The van der Waals surface area contributed by atoms with Gasteiger partial charge in [-0.25, -0.2) is 0 Å². The Morgan fingerprint density at radius 1 is 0.394 bits per heavy atom. The SMILES string of the molecule is CC/C=C\C/C=C\CCCCCCCCCCCCCCCC(O)C(=O)NC(CO)C(O)C(O)CCCCCCCCCCCCCCCCCCCCCCCCCCCCCCCC. The van der Waals surface area contributed by atoms with Crippen LogP contribution in [0, 0.1) is 0 Å². The van der Waals surface area contributed by atoms with E-state index in [1.165, 1.54) is 244 Å². The van der Waals surface area contributed by atoms with E-state index in [1.807, 2.05) is 0 Å². The minimum atomic E-state index is -1.26. The number of rotatable bonds is 55. The highest BCUT2D eigenvalue weighted by Gasteiger charge is 2.28. The van der Waals surface area contributed by atoms with Gasteiger partial charge in [0.2, 0.25) is 5.91 Å². The molecule has 392 valence electrons. The van der Waals surface area contributed by atoms with Crippen LogP contribution in [0.1, 0.15) is 322 Å². The van der Waals surface area contributed by atoms with Crippen LogP contribution in [0.4, 0.5) is 0 Å². The Morgan fingerprint density at radius 2 is 0.697 bits per heavy atom. The van der Waals surface area contributed by atoms with Gasteiger partial charge < -0.3 is 25.7 Å². The summed E-state index contributed by atoms with van der Waals surface area (Å²) < 4.78 is 0. The molecule has 0 aromatic carbocycles. The van der Waals surface area contributed by atoms with E-state index < -0.39 is 36.9 Å². The lowest BCUT2D eigenvalue weighted by atomic mass is 9.99. The van der Waals surface area contributed by atoms with Gasteiger partial charge in [-0.1, -0.05) is 308 Å². The van der Waals surface area contributed by atoms with Crippen molar-refractivity contribution in [2.45, 2.75) is 346 Å². The van der Waals surface area contributed by atoms with Crippen molar-refractivity contribution in [1.82, 2.24) is 5.32 Å². The second kappa shape index (κ2) is 54.7. The van der Waals surface area contributed by atoms with E-state index in [0.717, 1.165) is 51.4 Å². The third kappa shape index (κ3) is 47.8. The summed E-state index contributed by atoms with van der Waals surface area (Å²) in [5.74, 6) is -0.580. The standard InChI is InChI=1S/C60H117NO5/c1-3-5-7-9-11-13-15-17-19-21-23-25-26-27-28-29-30-31-32-33-34-36-37-39-41-43-45-47-49-51-53-57(63)59(65)56(55-62)61-60(66)58(64)54-52-50-48-46-44-42-40-38-35-24-22-20-18-16-14-12-10-8-6-4-2/h6,8,12,14,56-59,62-65H,3-5,7,9-11,13,15-55H2,1-2H3,(H,61,66)/b8-6-,14-12-. The van der Waals surface area contributed by atoms with E-state index in [9.17, 15) is 25.2 Å². The highest BCUT2D eigenvalue weighted by atomic mass is 16.3. The monoisotopic (exact) mass is 932 g/mol. The fraction of sp³-hybridized carbons (Fsp3) is 0.917. The molecule has 0 aromatic heterocycles. The van der Waals surface area contributed by atoms with E-state index in [2.05, 4.69) is 43.5 Å². The number of carbonyl (C=O) groups excluding carboxylic acids is 1. The van der Waals surface area contributed by atoms with E-state index in [1.54, 1.807) is 0 Å². The maximum absolute atomic E-state index is 12.6. The normalized spacial score (nSPS) is 13.8. The van der Waals surface area contributed by atoms with E-state index in [4.69, 9.17) is 0 Å². The molecule has 0 fully saturated rings. The summed E-state index contributed by atoms with van der Waals surface area (Å²) >= 11 is 0. The Bertz CT molecular complexity index is 1000. The zero-order valence-electron chi connectivity index (χ0n) is 44.5. The van der Waals surface area contributed by atoms with Gasteiger partial charge in [-0.05, 0) is 38.5 Å². The minimum Gasteiger partial charge on any atom is -0.394 e. The topological polar surface area (TPSA) is 110 Å². The van der Waals surface area contributed by atoms with E-state index in [0.29, 0.717) is 12.8 Å². The first-order valence-electron chi connectivity index (χ1n) is 29.7. The molecule has 4 unspecified atom stereocenters. The molecule has 0 aliphatic carbocycles. The Balaban J connectivity index is 3.56. The van der Waals surface area contributed by atoms with Gasteiger partial charge in [0, 0.05) is 0 Å². The number of carbonyl (C=O) groups is 1. The molecule has 6 nitrogen and oxygen atoms in total. The fourth-order valence-corrected chi connectivity index (χ4v) is 9.56. The van der Waals surface area contributed by atoms with Crippen molar-refractivity contribution in [1.29, 1.82) is 0 Å². The van der Waals surface area contributed by atoms with E-state index >= 15 is 0 Å². The quantitative estimate of drug-likeness (QED) is 0.0308. The second-order valence-corrected chi connectivity index (χ2v) is 20.7. The molecule has 0 aliphatic rings. The first kappa shape index (κ1) is 64.8. The number of hydrogen-bond donors (Lipinski definition) is 5. The molecular weight excluding hydrogens is 815 g/mol. The Labute approximate surface area is 412 Å². The van der Waals surface area contributed by atoms with Crippen molar-refractivity contribution in [3.05, 3.63) is 24.3 Å². The summed E-state index contributed by atoms with van der Waals surface area (Å²) in [6.45, 7) is 3.99. The van der Waals surface area contributed by atoms with Gasteiger partial charge >= 0.3 is 0 Å². The lowest BCUT2D eigenvalue weighted by Crippen LogP contribution is -2.53.